The van der Waals surface area contributed by atoms with Crippen LogP contribution in [0.4, 0.5) is 4.39 Å². The molecule has 1 saturated carbocycles. The van der Waals surface area contributed by atoms with Crippen molar-refractivity contribution in [1.29, 1.82) is 0 Å². The van der Waals surface area contributed by atoms with E-state index in [9.17, 15) is 4.39 Å². The molecule has 0 bridgehead atoms. The Bertz CT molecular complexity index is 777. The highest BCUT2D eigenvalue weighted by molar-refractivity contribution is 7.10. The molecule has 27 heavy (non-hydrogen) atoms. The van der Waals surface area contributed by atoms with Gasteiger partial charge in [-0.2, -0.15) is 9.83 Å². The Morgan fingerprint density at radius 3 is 2.52 bits per heavy atom. The van der Waals surface area contributed by atoms with E-state index in [4.69, 9.17) is 9.83 Å². The maximum absolute atomic E-state index is 13.1. The standard InChI is InChI=1S/C22H28FN2OS/c1-25(2)21(15-20-4-3-13-27-20)24-22(26-25)14-16-5-7-17(8-6-16)18-9-11-19(23)12-10-18/h3-4,9-13,16-17,22H,5-8,14-15H2,1-2H3/q+1. The maximum atomic E-state index is 13.1. The first-order valence-corrected chi connectivity index (χ1v) is 10.7. The second-order valence-corrected chi connectivity index (χ2v) is 9.25. The van der Waals surface area contributed by atoms with Crippen LogP contribution >= 0.6 is 11.3 Å². The minimum atomic E-state index is -0.150. The van der Waals surface area contributed by atoms with Gasteiger partial charge in [-0.25, -0.2) is 4.39 Å². The van der Waals surface area contributed by atoms with Crippen LogP contribution in [0, 0.1) is 11.7 Å². The summed E-state index contributed by atoms with van der Waals surface area (Å²) in [4.78, 5) is 12.5. The molecule has 2 heterocycles. The number of quaternary nitrogens is 1. The van der Waals surface area contributed by atoms with Gasteiger partial charge in [0.1, 0.15) is 19.9 Å². The van der Waals surface area contributed by atoms with E-state index in [0.717, 1.165) is 18.7 Å². The van der Waals surface area contributed by atoms with Crippen molar-refractivity contribution in [3.63, 3.8) is 0 Å². The molecule has 0 spiro atoms. The van der Waals surface area contributed by atoms with Crippen molar-refractivity contribution < 1.29 is 13.9 Å². The molecule has 1 aliphatic carbocycles. The number of hydroxylamine groups is 3. The molecule has 0 amide bonds. The van der Waals surface area contributed by atoms with E-state index < -0.39 is 0 Å². The normalized spacial score (nSPS) is 27.5. The predicted octanol–water partition coefficient (Wildman–Crippen LogP) is 5.54. The van der Waals surface area contributed by atoms with Crippen LogP contribution in [0.1, 0.15) is 48.5 Å². The number of hydrogen-bond acceptors (Lipinski definition) is 3. The summed E-state index contributed by atoms with van der Waals surface area (Å²) in [5, 5.41) is 2.11. The third-order valence-electron chi connectivity index (χ3n) is 5.94. The summed E-state index contributed by atoms with van der Waals surface area (Å²) in [7, 11) is 4.16. The van der Waals surface area contributed by atoms with Gasteiger partial charge < -0.3 is 0 Å². The molecule has 0 N–H and O–H groups in total. The number of halogens is 1. The smallest absolute Gasteiger partial charge is 0.207 e. The third-order valence-corrected chi connectivity index (χ3v) is 6.81. The van der Waals surface area contributed by atoms with Gasteiger partial charge >= 0.3 is 0 Å². The first-order chi connectivity index (χ1) is 13.0. The minimum Gasteiger partial charge on any atom is -0.207 e. The molecule has 2 aliphatic rings. The average molecular weight is 388 g/mol. The van der Waals surface area contributed by atoms with Crippen LogP contribution in [0.25, 0.3) is 0 Å². The molecule has 3 nitrogen and oxygen atoms in total. The zero-order valence-corrected chi connectivity index (χ0v) is 16.9. The maximum Gasteiger partial charge on any atom is 0.238 e. The Morgan fingerprint density at radius 1 is 1.11 bits per heavy atom. The minimum absolute atomic E-state index is 0.0256. The number of hydrogen-bond donors (Lipinski definition) is 0. The number of benzene rings is 1. The summed E-state index contributed by atoms with van der Waals surface area (Å²) in [6, 6.07) is 11.3. The Hall–Kier alpha value is -1.56. The summed E-state index contributed by atoms with van der Waals surface area (Å²) >= 11 is 1.78. The van der Waals surface area contributed by atoms with E-state index in [0.29, 0.717) is 16.5 Å². The lowest BCUT2D eigenvalue weighted by Gasteiger charge is -2.29. The molecule has 144 valence electrons. The molecule has 5 heteroatoms. The van der Waals surface area contributed by atoms with Gasteiger partial charge in [0.05, 0.1) is 6.42 Å². The molecule has 1 fully saturated rings. The topological polar surface area (TPSA) is 21.6 Å². The molecule has 1 aromatic carbocycles. The van der Waals surface area contributed by atoms with Gasteiger partial charge in [-0.1, -0.05) is 18.2 Å². The lowest BCUT2D eigenvalue weighted by Crippen LogP contribution is -2.43. The molecule has 1 unspecified atom stereocenters. The Kier molecular flexibility index (Phi) is 5.44. The summed E-state index contributed by atoms with van der Waals surface area (Å²) < 4.78 is 13.6. The Labute approximate surface area is 165 Å². The van der Waals surface area contributed by atoms with E-state index in [1.807, 2.05) is 12.1 Å². The van der Waals surface area contributed by atoms with E-state index in [2.05, 4.69) is 31.6 Å². The van der Waals surface area contributed by atoms with Crippen LogP contribution in [-0.2, 0) is 11.3 Å². The molecule has 1 atom stereocenters. The average Bonchev–Trinajstić information content (AvgIpc) is 3.24. The van der Waals surface area contributed by atoms with Crippen LogP contribution in [0.2, 0.25) is 0 Å². The van der Waals surface area contributed by atoms with Crippen LogP contribution < -0.4 is 0 Å². The number of nitrogens with zero attached hydrogens (tertiary/aromatic N) is 2. The molecule has 2 aromatic rings. The van der Waals surface area contributed by atoms with Crippen molar-refractivity contribution in [2.24, 2.45) is 10.9 Å². The SMILES string of the molecule is C[N+]1(C)OC(CC2CCC(c3ccc(F)cc3)CC2)N=C1Cc1cccs1. The quantitative estimate of drug-likeness (QED) is 0.617. The lowest BCUT2D eigenvalue weighted by atomic mass is 9.77. The van der Waals surface area contributed by atoms with E-state index >= 15 is 0 Å². The van der Waals surface area contributed by atoms with Gasteiger partial charge in [0.15, 0.2) is 0 Å². The first kappa shape index (κ1) is 18.8. The van der Waals surface area contributed by atoms with Crippen molar-refractivity contribution in [2.75, 3.05) is 14.1 Å². The van der Waals surface area contributed by atoms with Crippen LogP contribution in [0.5, 0.6) is 0 Å². The largest absolute Gasteiger partial charge is 0.238 e. The fraction of sp³-hybridized carbons (Fsp3) is 0.500. The van der Waals surface area contributed by atoms with Gasteiger partial charge in [0.25, 0.3) is 0 Å². The van der Waals surface area contributed by atoms with E-state index in [1.165, 1.54) is 36.1 Å². The highest BCUT2D eigenvalue weighted by Crippen LogP contribution is 2.39. The molecule has 1 aliphatic heterocycles. The predicted molar refractivity (Wildman–Crippen MR) is 108 cm³/mol. The Morgan fingerprint density at radius 2 is 1.85 bits per heavy atom. The zero-order chi connectivity index (χ0) is 18.9. The van der Waals surface area contributed by atoms with Crippen molar-refractivity contribution in [3.8, 4) is 0 Å². The molecular formula is C22H28FN2OS+. The summed E-state index contributed by atoms with van der Waals surface area (Å²) in [6.45, 7) is 0. The van der Waals surface area contributed by atoms with Gasteiger partial charge in [-0.05, 0) is 66.7 Å². The monoisotopic (exact) mass is 387 g/mol. The molecule has 1 aromatic heterocycles. The second-order valence-electron chi connectivity index (χ2n) is 8.22. The van der Waals surface area contributed by atoms with Crippen molar-refractivity contribution in [1.82, 2.24) is 0 Å². The van der Waals surface area contributed by atoms with E-state index in [-0.39, 0.29) is 12.0 Å². The van der Waals surface area contributed by atoms with Crippen LogP contribution in [0.3, 0.4) is 0 Å². The fourth-order valence-corrected chi connectivity index (χ4v) is 5.05. The van der Waals surface area contributed by atoms with Crippen molar-refractivity contribution in [3.05, 3.63) is 58.0 Å². The van der Waals surface area contributed by atoms with Crippen molar-refractivity contribution in [2.45, 2.75) is 50.7 Å². The van der Waals surface area contributed by atoms with Gasteiger partial charge in [0, 0.05) is 11.3 Å². The van der Waals surface area contributed by atoms with Gasteiger partial charge in [-0.15, -0.1) is 16.0 Å². The number of rotatable bonds is 5. The number of thiophene rings is 1. The summed E-state index contributed by atoms with van der Waals surface area (Å²) in [6.07, 6.45) is 6.60. The Balaban J connectivity index is 1.32. The highest BCUT2D eigenvalue weighted by atomic mass is 32.1. The van der Waals surface area contributed by atoms with Crippen LogP contribution in [-0.4, -0.2) is 30.8 Å². The zero-order valence-electron chi connectivity index (χ0n) is 16.1. The first-order valence-electron chi connectivity index (χ1n) is 9.87. The van der Waals surface area contributed by atoms with Crippen LogP contribution in [0.15, 0.2) is 46.8 Å². The molecule has 0 radical (unpaired) electrons. The second kappa shape index (κ2) is 7.82. The number of likely N-dealkylation sites (N-methyl/N-ethyl adjacent to an activating group) is 1. The van der Waals surface area contributed by atoms with Crippen molar-refractivity contribution >= 4 is 17.2 Å². The van der Waals surface area contributed by atoms with Gasteiger partial charge in [-0.3, -0.25) is 0 Å². The summed E-state index contributed by atoms with van der Waals surface area (Å²) in [5.74, 6) is 2.19. The fourth-order valence-electron chi connectivity index (χ4n) is 4.35. The lowest BCUT2D eigenvalue weighted by molar-refractivity contribution is -1.00. The molecule has 0 saturated heterocycles. The third kappa shape index (κ3) is 4.48. The van der Waals surface area contributed by atoms with Gasteiger partial charge in [0.2, 0.25) is 12.1 Å². The number of aliphatic imine (C=N–C) groups is 1. The highest BCUT2D eigenvalue weighted by Gasteiger charge is 2.39. The number of amidine groups is 1. The molecule has 4 rings (SSSR count). The summed E-state index contributed by atoms with van der Waals surface area (Å²) in [5.41, 5.74) is 1.28. The van der Waals surface area contributed by atoms with E-state index in [1.54, 1.807) is 23.5 Å². The molecular weight excluding hydrogens is 359 g/mol.